The lowest BCUT2D eigenvalue weighted by atomic mass is 10.1. The number of nitrogens with zero attached hydrogens (tertiary/aromatic N) is 2. The maximum absolute atomic E-state index is 12.8. The second-order valence-electron chi connectivity index (χ2n) is 5.31. The van der Waals surface area contributed by atoms with Crippen molar-refractivity contribution in [1.82, 2.24) is 9.78 Å². The summed E-state index contributed by atoms with van der Waals surface area (Å²) >= 11 is 0. The maximum atomic E-state index is 12.8. The first-order chi connectivity index (χ1) is 11.9. The van der Waals surface area contributed by atoms with Gasteiger partial charge < -0.3 is 5.32 Å². The van der Waals surface area contributed by atoms with Crippen LogP contribution in [0, 0.1) is 6.92 Å². The summed E-state index contributed by atoms with van der Waals surface area (Å²) < 4.78 is 77.4. The van der Waals surface area contributed by atoms with Gasteiger partial charge in [-0.05, 0) is 31.2 Å². The number of amides is 1. The first-order valence-corrected chi connectivity index (χ1v) is 7.00. The van der Waals surface area contributed by atoms with Crippen LogP contribution in [0.4, 0.5) is 32.0 Å². The van der Waals surface area contributed by atoms with Gasteiger partial charge in [0.05, 0.1) is 16.8 Å². The normalized spacial score (nSPS) is 12.1. The van der Waals surface area contributed by atoms with Crippen LogP contribution in [0.3, 0.4) is 0 Å². The summed E-state index contributed by atoms with van der Waals surface area (Å²) in [6.07, 6.45) is -10.1. The van der Waals surface area contributed by atoms with Crippen LogP contribution in [0.15, 0.2) is 35.1 Å². The van der Waals surface area contributed by atoms with Crippen LogP contribution in [0.2, 0.25) is 0 Å². The number of nitrogens with one attached hydrogen (secondary N) is 1. The molecule has 0 radical (unpaired) electrons. The lowest BCUT2D eigenvalue weighted by Gasteiger charge is -2.15. The average molecular weight is 379 g/mol. The minimum Gasteiger partial charge on any atom is -0.324 e. The number of rotatable bonds is 3. The standard InChI is InChI=1S/C15H11F6N3O2/c1-8-2-3-13(26)24(23-8)7-12(25)22-11-5-9(14(16,17)18)4-10(6-11)15(19,20)21/h2-6H,7H2,1H3,(H,22,25). The average Bonchev–Trinajstić information content (AvgIpc) is 2.49. The van der Waals surface area contributed by atoms with E-state index in [2.05, 4.69) is 5.10 Å². The van der Waals surface area contributed by atoms with Crippen molar-refractivity contribution in [2.45, 2.75) is 25.8 Å². The Morgan fingerprint density at radius 1 is 1.04 bits per heavy atom. The minimum atomic E-state index is -5.03. The van der Waals surface area contributed by atoms with Crippen LogP contribution < -0.4 is 10.9 Å². The molecule has 140 valence electrons. The van der Waals surface area contributed by atoms with Crippen LogP contribution in [0.25, 0.3) is 0 Å². The van der Waals surface area contributed by atoms with Gasteiger partial charge in [0.15, 0.2) is 0 Å². The van der Waals surface area contributed by atoms with Crippen LogP contribution in [0.5, 0.6) is 0 Å². The summed E-state index contributed by atoms with van der Waals surface area (Å²) in [6, 6.07) is 3.21. The van der Waals surface area contributed by atoms with E-state index in [-0.39, 0.29) is 6.07 Å². The summed E-state index contributed by atoms with van der Waals surface area (Å²) in [7, 11) is 0. The van der Waals surface area contributed by atoms with Gasteiger partial charge in [0.1, 0.15) is 6.54 Å². The molecule has 1 N–H and O–H groups in total. The van der Waals surface area contributed by atoms with Gasteiger partial charge in [0, 0.05) is 11.8 Å². The summed E-state index contributed by atoms with van der Waals surface area (Å²) in [5, 5.41) is 5.67. The third-order valence-corrected chi connectivity index (χ3v) is 3.16. The SMILES string of the molecule is Cc1ccc(=O)n(CC(=O)Nc2cc(C(F)(F)F)cc(C(F)(F)F)c2)n1. The third-order valence-electron chi connectivity index (χ3n) is 3.16. The summed E-state index contributed by atoms with van der Waals surface area (Å²) in [4.78, 5) is 23.4. The number of hydrogen-bond acceptors (Lipinski definition) is 3. The number of carbonyl (C=O) groups excluding carboxylic acids is 1. The molecule has 1 aromatic heterocycles. The zero-order valence-electron chi connectivity index (χ0n) is 13.1. The number of aromatic nitrogens is 2. The fourth-order valence-electron chi connectivity index (χ4n) is 2.03. The van der Waals surface area contributed by atoms with E-state index in [0.29, 0.717) is 17.8 Å². The van der Waals surface area contributed by atoms with Crippen molar-refractivity contribution < 1.29 is 31.1 Å². The van der Waals surface area contributed by atoms with Crippen molar-refractivity contribution in [3.63, 3.8) is 0 Å². The Bertz CT molecular complexity index is 854. The molecule has 0 fully saturated rings. The van der Waals surface area contributed by atoms with Crippen molar-refractivity contribution in [2.24, 2.45) is 0 Å². The summed E-state index contributed by atoms with van der Waals surface area (Å²) in [5.74, 6) is -1.00. The first-order valence-electron chi connectivity index (χ1n) is 7.00. The highest BCUT2D eigenvalue weighted by molar-refractivity contribution is 5.90. The zero-order valence-corrected chi connectivity index (χ0v) is 13.1. The Kier molecular flexibility index (Phi) is 5.10. The van der Waals surface area contributed by atoms with Crippen molar-refractivity contribution in [2.75, 3.05) is 5.32 Å². The molecular formula is C15H11F6N3O2. The summed E-state index contributed by atoms with van der Waals surface area (Å²) in [6.45, 7) is 0.869. The molecule has 1 aromatic carbocycles. The van der Waals surface area contributed by atoms with Crippen molar-refractivity contribution in [1.29, 1.82) is 0 Å². The molecule has 0 saturated heterocycles. The number of alkyl halides is 6. The molecule has 0 bridgehead atoms. The van der Waals surface area contributed by atoms with E-state index in [9.17, 15) is 35.9 Å². The van der Waals surface area contributed by atoms with Gasteiger partial charge >= 0.3 is 12.4 Å². The monoisotopic (exact) mass is 379 g/mol. The molecule has 1 heterocycles. The molecule has 0 aliphatic carbocycles. The molecule has 0 saturated carbocycles. The third kappa shape index (κ3) is 4.83. The lowest BCUT2D eigenvalue weighted by Crippen LogP contribution is -2.29. The van der Waals surface area contributed by atoms with Gasteiger partial charge in [0.2, 0.25) is 5.91 Å². The quantitative estimate of drug-likeness (QED) is 0.833. The second-order valence-corrected chi connectivity index (χ2v) is 5.31. The molecule has 5 nitrogen and oxygen atoms in total. The number of halogens is 6. The highest BCUT2D eigenvalue weighted by Crippen LogP contribution is 2.37. The predicted octanol–water partition coefficient (Wildman–Crippen LogP) is 3.23. The molecule has 11 heteroatoms. The highest BCUT2D eigenvalue weighted by atomic mass is 19.4. The van der Waals surface area contributed by atoms with E-state index in [1.165, 1.54) is 13.0 Å². The van der Waals surface area contributed by atoms with Crippen LogP contribution >= 0.6 is 0 Å². The molecular weight excluding hydrogens is 368 g/mol. The smallest absolute Gasteiger partial charge is 0.324 e. The number of carbonyl (C=O) groups is 1. The second kappa shape index (κ2) is 6.81. The predicted molar refractivity (Wildman–Crippen MR) is 78.3 cm³/mol. The van der Waals surface area contributed by atoms with E-state index >= 15 is 0 Å². The van der Waals surface area contributed by atoms with Crippen LogP contribution in [0.1, 0.15) is 16.8 Å². The Hall–Kier alpha value is -2.85. The molecule has 26 heavy (non-hydrogen) atoms. The Balaban J connectivity index is 2.31. The molecule has 0 aliphatic rings. The molecule has 0 spiro atoms. The van der Waals surface area contributed by atoms with Crippen LogP contribution in [-0.4, -0.2) is 15.7 Å². The van der Waals surface area contributed by atoms with Crippen molar-refractivity contribution >= 4 is 11.6 Å². The van der Waals surface area contributed by atoms with Gasteiger partial charge in [-0.3, -0.25) is 9.59 Å². The van der Waals surface area contributed by atoms with E-state index < -0.39 is 47.2 Å². The Labute approximate surface area is 142 Å². The van der Waals surface area contributed by atoms with E-state index in [1.54, 1.807) is 0 Å². The number of aryl methyl sites for hydroxylation is 1. The first kappa shape index (κ1) is 19.5. The van der Waals surface area contributed by atoms with Gasteiger partial charge in [-0.1, -0.05) is 0 Å². The topological polar surface area (TPSA) is 64.0 Å². The molecule has 0 atom stereocenters. The maximum Gasteiger partial charge on any atom is 0.416 e. The van der Waals surface area contributed by atoms with Crippen LogP contribution in [-0.2, 0) is 23.7 Å². The summed E-state index contributed by atoms with van der Waals surface area (Å²) in [5.41, 5.74) is -4.07. The van der Waals surface area contributed by atoms with Gasteiger partial charge in [-0.25, -0.2) is 4.68 Å². The molecule has 2 aromatic rings. The van der Waals surface area contributed by atoms with E-state index in [4.69, 9.17) is 0 Å². The number of anilines is 1. The highest BCUT2D eigenvalue weighted by Gasteiger charge is 2.37. The minimum absolute atomic E-state index is 0.0533. The fraction of sp³-hybridized carbons (Fsp3) is 0.267. The molecule has 1 amide bonds. The fourth-order valence-corrected chi connectivity index (χ4v) is 2.03. The zero-order chi connectivity index (χ0) is 19.7. The largest absolute Gasteiger partial charge is 0.416 e. The lowest BCUT2D eigenvalue weighted by molar-refractivity contribution is -0.143. The Morgan fingerprint density at radius 3 is 2.08 bits per heavy atom. The molecule has 2 rings (SSSR count). The Morgan fingerprint density at radius 2 is 1.58 bits per heavy atom. The number of benzene rings is 1. The van der Waals surface area contributed by atoms with Gasteiger partial charge in [0.25, 0.3) is 5.56 Å². The van der Waals surface area contributed by atoms with Crippen molar-refractivity contribution in [3.8, 4) is 0 Å². The molecule has 0 unspecified atom stereocenters. The van der Waals surface area contributed by atoms with E-state index in [1.807, 2.05) is 5.32 Å². The molecule has 0 aliphatic heterocycles. The van der Waals surface area contributed by atoms with Gasteiger partial charge in [-0.15, -0.1) is 0 Å². The number of hydrogen-bond donors (Lipinski definition) is 1. The van der Waals surface area contributed by atoms with E-state index in [0.717, 1.165) is 10.7 Å². The van der Waals surface area contributed by atoms with Crippen molar-refractivity contribution in [3.05, 3.63) is 57.5 Å². The van der Waals surface area contributed by atoms with Gasteiger partial charge in [-0.2, -0.15) is 31.4 Å².